The van der Waals surface area contributed by atoms with Gasteiger partial charge in [0.15, 0.2) is 0 Å². The van der Waals surface area contributed by atoms with Crippen LogP contribution in [0.5, 0.6) is 0 Å². The molecule has 1 N–H and O–H groups in total. The first kappa shape index (κ1) is 14.3. The predicted octanol–water partition coefficient (Wildman–Crippen LogP) is 3.46. The Bertz CT molecular complexity index is 499. The van der Waals surface area contributed by atoms with Crippen molar-refractivity contribution >= 4 is 0 Å². The summed E-state index contributed by atoms with van der Waals surface area (Å²) in [5.74, 6) is 0. The van der Waals surface area contributed by atoms with Gasteiger partial charge in [0, 0.05) is 19.1 Å². The highest BCUT2D eigenvalue weighted by Crippen LogP contribution is 2.31. The number of hydrogen-bond acceptors (Lipinski definition) is 2. The van der Waals surface area contributed by atoms with Gasteiger partial charge in [-0.15, -0.1) is 0 Å². The van der Waals surface area contributed by atoms with E-state index in [0.717, 1.165) is 19.6 Å². The van der Waals surface area contributed by atoms with E-state index < -0.39 is 0 Å². The maximum absolute atomic E-state index is 3.59. The highest BCUT2D eigenvalue weighted by Gasteiger charge is 2.29. The molecule has 0 spiro atoms. The third kappa shape index (κ3) is 3.34. The zero-order chi connectivity index (χ0) is 14.5. The molecular formula is C19H24N2. The van der Waals surface area contributed by atoms with Gasteiger partial charge in [0.25, 0.3) is 0 Å². The second-order valence-electron chi connectivity index (χ2n) is 5.76. The van der Waals surface area contributed by atoms with Gasteiger partial charge in [0.05, 0.1) is 6.04 Å². The number of benzene rings is 2. The van der Waals surface area contributed by atoms with Crippen molar-refractivity contribution in [1.82, 2.24) is 10.2 Å². The summed E-state index contributed by atoms with van der Waals surface area (Å²) >= 11 is 0. The Morgan fingerprint density at radius 1 is 1.00 bits per heavy atom. The average molecular weight is 280 g/mol. The van der Waals surface area contributed by atoms with Crippen LogP contribution in [0.1, 0.15) is 30.5 Å². The molecule has 0 radical (unpaired) electrons. The Kier molecular flexibility index (Phi) is 4.69. The van der Waals surface area contributed by atoms with Crippen LogP contribution in [0.25, 0.3) is 0 Å². The third-order valence-corrected chi connectivity index (χ3v) is 4.31. The number of rotatable bonds is 5. The summed E-state index contributed by atoms with van der Waals surface area (Å²) in [7, 11) is 0. The van der Waals surface area contributed by atoms with Crippen LogP contribution in [-0.4, -0.2) is 30.6 Å². The van der Waals surface area contributed by atoms with Crippen molar-refractivity contribution < 1.29 is 0 Å². The summed E-state index contributed by atoms with van der Waals surface area (Å²) < 4.78 is 0. The van der Waals surface area contributed by atoms with Crippen LogP contribution in [0.2, 0.25) is 0 Å². The molecule has 2 aromatic rings. The molecule has 1 heterocycles. The molecule has 0 aromatic heterocycles. The van der Waals surface area contributed by atoms with Crippen molar-refractivity contribution in [3.8, 4) is 0 Å². The van der Waals surface area contributed by atoms with Gasteiger partial charge in [-0.1, -0.05) is 67.6 Å². The van der Waals surface area contributed by atoms with E-state index in [1.54, 1.807) is 0 Å². The highest BCUT2D eigenvalue weighted by molar-refractivity contribution is 5.32. The molecule has 1 aliphatic heterocycles. The minimum atomic E-state index is 0.371. The molecule has 0 unspecified atom stereocenters. The van der Waals surface area contributed by atoms with Gasteiger partial charge in [0.1, 0.15) is 0 Å². The number of likely N-dealkylation sites (N-methyl/N-ethyl adjacent to an activating group) is 1. The molecule has 0 saturated carbocycles. The number of hydrogen-bond donors (Lipinski definition) is 1. The van der Waals surface area contributed by atoms with Gasteiger partial charge in [0.2, 0.25) is 0 Å². The lowest BCUT2D eigenvalue weighted by Crippen LogP contribution is -2.34. The lowest BCUT2D eigenvalue weighted by molar-refractivity contribution is 0.273. The normalized spacial score (nSPS) is 19.2. The van der Waals surface area contributed by atoms with Gasteiger partial charge >= 0.3 is 0 Å². The molecule has 0 bridgehead atoms. The fourth-order valence-electron chi connectivity index (χ4n) is 3.36. The number of nitrogens with zero attached hydrogens (tertiary/aromatic N) is 1. The summed E-state index contributed by atoms with van der Waals surface area (Å²) in [5.41, 5.74) is 2.78. The second kappa shape index (κ2) is 6.88. The summed E-state index contributed by atoms with van der Waals surface area (Å²) in [6.07, 6.45) is 1.24. The van der Waals surface area contributed by atoms with E-state index in [2.05, 4.69) is 77.8 Å². The van der Waals surface area contributed by atoms with Gasteiger partial charge in [-0.2, -0.15) is 0 Å². The van der Waals surface area contributed by atoms with Gasteiger partial charge in [-0.25, -0.2) is 0 Å². The van der Waals surface area contributed by atoms with Crippen molar-refractivity contribution in [3.05, 3.63) is 71.8 Å². The van der Waals surface area contributed by atoms with Crippen molar-refractivity contribution in [3.63, 3.8) is 0 Å². The van der Waals surface area contributed by atoms with Crippen LogP contribution in [-0.2, 0) is 0 Å². The summed E-state index contributed by atoms with van der Waals surface area (Å²) in [4.78, 5) is 2.61. The Morgan fingerprint density at radius 2 is 1.57 bits per heavy atom. The molecule has 3 rings (SSSR count). The lowest BCUT2D eigenvalue weighted by atomic mass is 9.97. The third-order valence-electron chi connectivity index (χ3n) is 4.31. The maximum atomic E-state index is 3.59. The molecule has 0 aliphatic carbocycles. The predicted molar refractivity (Wildman–Crippen MR) is 88.4 cm³/mol. The van der Waals surface area contributed by atoms with E-state index in [0.29, 0.717) is 12.1 Å². The summed E-state index contributed by atoms with van der Waals surface area (Å²) in [6.45, 7) is 5.53. The number of nitrogens with one attached hydrogen (secondary N) is 1. The average Bonchev–Trinajstić information content (AvgIpc) is 2.98. The molecule has 1 atom stereocenters. The summed E-state index contributed by atoms with van der Waals surface area (Å²) in [5, 5.41) is 3.59. The second-order valence-corrected chi connectivity index (χ2v) is 5.76. The van der Waals surface area contributed by atoms with E-state index in [1.807, 2.05) is 0 Å². The molecule has 110 valence electrons. The molecule has 2 heteroatoms. The molecule has 1 saturated heterocycles. The zero-order valence-corrected chi connectivity index (χ0v) is 12.7. The van der Waals surface area contributed by atoms with Gasteiger partial charge in [-0.3, -0.25) is 4.90 Å². The molecule has 1 aliphatic rings. The molecule has 1 fully saturated rings. The first-order valence-corrected chi connectivity index (χ1v) is 7.96. The van der Waals surface area contributed by atoms with Crippen LogP contribution in [0.3, 0.4) is 0 Å². The SMILES string of the molecule is CCN[C@H]1CCN(C(c2ccccc2)c2ccccc2)C1. The quantitative estimate of drug-likeness (QED) is 0.902. The van der Waals surface area contributed by atoms with Crippen LogP contribution in [0, 0.1) is 0 Å². The number of likely N-dealkylation sites (tertiary alicyclic amines) is 1. The zero-order valence-electron chi connectivity index (χ0n) is 12.7. The van der Waals surface area contributed by atoms with Crippen molar-refractivity contribution in [2.75, 3.05) is 19.6 Å². The first-order chi connectivity index (χ1) is 10.4. The Balaban J connectivity index is 1.87. The maximum Gasteiger partial charge on any atom is 0.0602 e. The van der Waals surface area contributed by atoms with Gasteiger partial charge in [-0.05, 0) is 24.1 Å². The van der Waals surface area contributed by atoms with E-state index in [4.69, 9.17) is 0 Å². The Hall–Kier alpha value is -1.64. The standard InChI is InChI=1S/C19H24N2/c1-2-20-18-13-14-21(15-18)19(16-9-5-3-6-10-16)17-11-7-4-8-12-17/h3-12,18-20H,2,13-15H2,1H3/t18-/m0/s1. The Morgan fingerprint density at radius 3 is 2.10 bits per heavy atom. The highest BCUT2D eigenvalue weighted by atomic mass is 15.2. The first-order valence-electron chi connectivity index (χ1n) is 7.96. The lowest BCUT2D eigenvalue weighted by Gasteiger charge is -2.29. The molecule has 2 aromatic carbocycles. The fourth-order valence-corrected chi connectivity index (χ4v) is 3.36. The Labute approximate surface area is 127 Å². The van der Waals surface area contributed by atoms with E-state index in [-0.39, 0.29) is 0 Å². The van der Waals surface area contributed by atoms with Crippen molar-refractivity contribution in [2.24, 2.45) is 0 Å². The minimum absolute atomic E-state index is 0.371. The molecular weight excluding hydrogens is 256 g/mol. The topological polar surface area (TPSA) is 15.3 Å². The van der Waals surface area contributed by atoms with E-state index >= 15 is 0 Å². The smallest absolute Gasteiger partial charge is 0.0602 e. The van der Waals surface area contributed by atoms with Gasteiger partial charge < -0.3 is 5.32 Å². The molecule has 21 heavy (non-hydrogen) atoms. The van der Waals surface area contributed by atoms with Crippen molar-refractivity contribution in [1.29, 1.82) is 0 Å². The monoisotopic (exact) mass is 280 g/mol. The molecule has 2 nitrogen and oxygen atoms in total. The minimum Gasteiger partial charge on any atom is -0.313 e. The summed E-state index contributed by atoms with van der Waals surface area (Å²) in [6, 6.07) is 22.8. The van der Waals surface area contributed by atoms with Crippen LogP contribution in [0.4, 0.5) is 0 Å². The van der Waals surface area contributed by atoms with E-state index in [9.17, 15) is 0 Å². The fraction of sp³-hybridized carbons (Fsp3) is 0.368. The largest absolute Gasteiger partial charge is 0.313 e. The van der Waals surface area contributed by atoms with E-state index in [1.165, 1.54) is 17.5 Å². The van der Waals surface area contributed by atoms with Crippen LogP contribution >= 0.6 is 0 Å². The molecule has 0 amide bonds. The van der Waals surface area contributed by atoms with Crippen LogP contribution < -0.4 is 5.32 Å². The van der Waals surface area contributed by atoms with Crippen molar-refractivity contribution in [2.45, 2.75) is 25.4 Å². The van der Waals surface area contributed by atoms with Crippen LogP contribution in [0.15, 0.2) is 60.7 Å².